The fourth-order valence-corrected chi connectivity index (χ4v) is 4.78. The molecule has 17 heteroatoms. The van der Waals surface area contributed by atoms with E-state index in [1.165, 1.54) is 12.1 Å². The molecule has 1 aromatic carbocycles. The maximum Gasteiger partial charge on any atom is 0.419 e. The largest absolute Gasteiger partial charge is 0.419 e. The second kappa shape index (κ2) is 11.8. The standard InChI is InChI=1S/C27H18ClF5N8O3/c28-24-17(27(31,32)33)3-6-21(37-24)38-26(44)19-8-14(29)11-40(19)22(42)12-41-18-4-1-13(7-16(18)23(39-41)25(34)43)2-5-20-35-9-15(30)10-36-20/h1,3-4,6-7,9-10,14,19H,8,11-12H2,(H2,34,43)(H,37,38,44)/t14-,19+/m1/s1. The van der Waals surface area contributed by atoms with Crippen molar-refractivity contribution in [1.29, 1.82) is 0 Å². The number of fused-ring (bicyclic) bond motifs is 1. The number of primary amides is 1. The van der Waals surface area contributed by atoms with Gasteiger partial charge in [0.1, 0.15) is 29.7 Å². The average molecular weight is 633 g/mol. The highest BCUT2D eigenvalue weighted by molar-refractivity contribution is 6.30. The Balaban J connectivity index is 1.36. The molecule has 3 N–H and O–H groups in total. The van der Waals surface area contributed by atoms with E-state index >= 15 is 0 Å². The van der Waals surface area contributed by atoms with Gasteiger partial charge >= 0.3 is 6.18 Å². The Kier molecular flexibility index (Phi) is 8.15. The smallest absolute Gasteiger partial charge is 0.364 e. The molecule has 0 radical (unpaired) electrons. The van der Waals surface area contributed by atoms with Gasteiger partial charge in [-0.1, -0.05) is 17.5 Å². The van der Waals surface area contributed by atoms with Crippen LogP contribution in [0.25, 0.3) is 10.9 Å². The summed E-state index contributed by atoms with van der Waals surface area (Å²) in [5.41, 5.74) is 4.80. The number of carbonyl (C=O) groups is 3. The Labute approximate surface area is 249 Å². The fourth-order valence-electron chi connectivity index (χ4n) is 4.52. The number of hydrogen-bond donors (Lipinski definition) is 2. The maximum atomic E-state index is 14.4. The normalized spacial score (nSPS) is 16.5. The van der Waals surface area contributed by atoms with Crippen molar-refractivity contribution in [2.45, 2.75) is 31.4 Å². The van der Waals surface area contributed by atoms with Crippen LogP contribution < -0.4 is 11.1 Å². The van der Waals surface area contributed by atoms with Gasteiger partial charge in [-0.25, -0.2) is 23.7 Å². The molecule has 1 saturated heterocycles. The first-order valence-electron chi connectivity index (χ1n) is 12.6. The topological polar surface area (TPSA) is 149 Å². The van der Waals surface area contributed by atoms with Crippen molar-refractivity contribution < 1.29 is 36.3 Å². The predicted octanol–water partition coefficient (Wildman–Crippen LogP) is 3.11. The van der Waals surface area contributed by atoms with Gasteiger partial charge in [-0.05, 0) is 36.3 Å². The molecule has 0 bridgehead atoms. The van der Waals surface area contributed by atoms with E-state index in [2.05, 4.69) is 37.2 Å². The molecule has 2 atom stereocenters. The Morgan fingerprint density at radius 1 is 1.11 bits per heavy atom. The summed E-state index contributed by atoms with van der Waals surface area (Å²) in [6, 6.07) is 4.75. The molecule has 0 spiro atoms. The minimum Gasteiger partial charge on any atom is -0.364 e. The number of nitrogens with zero attached hydrogens (tertiary/aromatic N) is 6. The number of pyridine rings is 1. The number of benzene rings is 1. The van der Waals surface area contributed by atoms with Gasteiger partial charge in [0.05, 0.1) is 30.0 Å². The van der Waals surface area contributed by atoms with Gasteiger partial charge in [0, 0.05) is 17.4 Å². The van der Waals surface area contributed by atoms with E-state index in [9.17, 15) is 36.3 Å². The number of rotatable bonds is 5. The van der Waals surface area contributed by atoms with Crippen molar-refractivity contribution in [2.75, 3.05) is 11.9 Å². The Hall–Kier alpha value is -5.17. The van der Waals surface area contributed by atoms with E-state index in [-0.39, 0.29) is 29.1 Å². The van der Waals surface area contributed by atoms with Crippen LogP contribution in [0.1, 0.15) is 33.9 Å². The van der Waals surface area contributed by atoms with E-state index in [0.717, 1.165) is 28.0 Å². The number of nitrogens with one attached hydrogen (secondary N) is 1. The third-order valence-electron chi connectivity index (χ3n) is 6.49. The second-order valence-electron chi connectivity index (χ2n) is 9.49. The number of likely N-dealkylation sites (tertiary alicyclic amines) is 1. The molecular formula is C27H18ClF5N8O3. The highest BCUT2D eigenvalue weighted by Gasteiger charge is 2.40. The summed E-state index contributed by atoms with van der Waals surface area (Å²) in [6.45, 7) is -0.954. The Morgan fingerprint density at radius 3 is 2.50 bits per heavy atom. The van der Waals surface area contributed by atoms with Crippen LogP contribution in [0.4, 0.5) is 27.8 Å². The first-order chi connectivity index (χ1) is 20.8. The number of hydrogen-bond acceptors (Lipinski definition) is 7. The Bertz CT molecular complexity index is 1850. The zero-order chi connectivity index (χ0) is 31.8. The van der Waals surface area contributed by atoms with Crippen molar-refractivity contribution in [3.63, 3.8) is 0 Å². The molecule has 226 valence electrons. The summed E-state index contributed by atoms with van der Waals surface area (Å²) in [5, 5.41) is 5.76. The van der Waals surface area contributed by atoms with Gasteiger partial charge in [0.15, 0.2) is 11.5 Å². The van der Waals surface area contributed by atoms with E-state index in [0.29, 0.717) is 17.1 Å². The molecule has 1 fully saturated rings. The van der Waals surface area contributed by atoms with Crippen molar-refractivity contribution in [1.82, 2.24) is 29.6 Å². The lowest BCUT2D eigenvalue weighted by atomic mass is 10.1. The highest BCUT2D eigenvalue weighted by atomic mass is 35.5. The number of nitrogens with two attached hydrogens (primary N) is 1. The van der Waals surface area contributed by atoms with Crippen molar-refractivity contribution in [2.24, 2.45) is 5.73 Å². The van der Waals surface area contributed by atoms with E-state index in [4.69, 9.17) is 17.3 Å². The van der Waals surface area contributed by atoms with Crippen LogP contribution in [-0.4, -0.2) is 66.1 Å². The molecule has 4 heterocycles. The SMILES string of the molecule is NC(=O)c1nn(CC(=O)N2C[C@H](F)C[C@H]2C(=O)Nc2ccc(C(F)(F)F)c(Cl)n2)c2ccc(C#Cc3ncc(F)cn3)cc12. The summed E-state index contributed by atoms with van der Waals surface area (Å²) >= 11 is 5.61. The first-order valence-corrected chi connectivity index (χ1v) is 13.0. The monoisotopic (exact) mass is 632 g/mol. The number of halogens is 6. The molecule has 4 aromatic rings. The second-order valence-corrected chi connectivity index (χ2v) is 9.85. The fraction of sp³-hybridized carbons (Fsp3) is 0.222. The zero-order valence-corrected chi connectivity index (χ0v) is 22.8. The number of alkyl halides is 4. The highest BCUT2D eigenvalue weighted by Crippen LogP contribution is 2.34. The quantitative estimate of drug-likeness (QED) is 0.195. The van der Waals surface area contributed by atoms with Crippen molar-refractivity contribution in [3.05, 3.63) is 76.3 Å². The lowest BCUT2D eigenvalue weighted by Gasteiger charge is -2.23. The van der Waals surface area contributed by atoms with Gasteiger partial charge < -0.3 is 16.0 Å². The van der Waals surface area contributed by atoms with Crippen LogP contribution >= 0.6 is 11.6 Å². The van der Waals surface area contributed by atoms with Gasteiger partial charge in [0.2, 0.25) is 17.6 Å². The van der Waals surface area contributed by atoms with E-state index in [1.807, 2.05) is 0 Å². The summed E-state index contributed by atoms with van der Waals surface area (Å²) in [4.78, 5) is 50.3. The number of aromatic nitrogens is 5. The van der Waals surface area contributed by atoms with Gasteiger partial charge in [-0.3, -0.25) is 19.1 Å². The molecule has 0 aliphatic carbocycles. The van der Waals surface area contributed by atoms with E-state index < -0.39 is 65.7 Å². The summed E-state index contributed by atoms with van der Waals surface area (Å²) in [6.07, 6.45) is -4.80. The minimum absolute atomic E-state index is 0.0514. The minimum atomic E-state index is -4.76. The van der Waals surface area contributed by atoms with Crippen LogP contribution in [0.5, 0.6) is 0 Å². The Morgan fingerprint density at radius 2 is 1.84 bits per heavy atom. The molecule has 44 heavy (non-hydrogen) atoms. The molecule has 3 aromatic heterocycles. The van der Waals surface area contributed by atoms with Gasteiger partial charge in [0.25, 0.3) is 5.91 Å². The predicted molar refractivity (Wildman–Crippen MR) is 144 cm³/mol. The molecule has 3 amide bonds. The summed E-state index contributed by atoms with van der Waals surface area (Å²) < 4.78 is 67.5. The van der Waals surface area contributed by atoms with Crippen molar-refractivity contribution >= 4 is 46.0 Å². The molecule has 1 aliphatic rings. The third-order valence-corrected chi connectivity index (χ3v) is 6.77. The third kappa shape index (κ3) is 6.42. The zero-order valence-electron chi connectivity index (χ0n) is 22.1. The summed E-state index contributed by atoms with van der Waals surface area (Å²) in [7, 11) is 0. The summed E-state index contributed by atoms with van der Waals surface area (Å²) in [5.74, 6) is 1.99. The maximum absolute atomic E-state index is 14.4. The lowest BCUT2D eigenvalue weighted by Crippen LogP contribution is -2.44. The van der Waals surface area contributed by atoms with Crippen LogP contribution in [-0.2, 0) is 22.3 Å². The average Bonchev–Trinajstić information content (AvgIpc) is 3.52. The lowest BCUT2D eigenvalue weighted by molar-refractivity contribution is -0.138. The molecule has 1 aliphatic heterocycles. The number of amides is 3. The van der Waals surface area contributed by atoms with Crippen LogP contribution in [0.15, 0.2) is 42.7 Å². The number of carbonyl (C=O) groups excluding carboxylic acids is 3. The molecule has 5 rings (SSSR count). The molecule has 0 unspecified atom stereocenters. The van der Waals surface area contributed by atoms with Crippen LogP contribution in [0.2, 0.25) is 5.15 Å². The van der Waals surface area contributed by atoms with Gasteiger partial charge in [-0.15, -0.1) is 0 Å². The molecule has 0 saturated carbocycles. The molecular weight excluding hydrogens is 615 g/mol. The van der Waals surface area contributed by atoms with Crippen LogP contribution in [0, 0.1) is 17.7 Å². The van der Waals surface area contributed by atoms with Crippen molar-refractivity contribution in [3.8, 4) is 11.8 Å². The number of anilines is 1. The van der Waals surface area contributed by atoms with Gasteiger partial charge in [-0.2, -0.15) is 18.3 Å². The molecule has 11 nitrogen and oxygen atoms in total. The first kappa shape index (κ1) is 30.3. The van der Waals surface area contributed by atoms with Crippen LogP contribution in [0.3, 0.4) is 0 Å². The van der Waals surface area contributed by atoms with E-state index in [1.54, 1.807) is 6.07 Å².